The molecule has 2 heteroatoms. The highest BCUT2D eigenvalue weighted by atomic mass is 16.3. The van der Waals surface area contributed by atoms with E-state index in [1.165, 1.54) is 31.4 Å². The molecule has 0 bridgehead atoms. The van der Waals surface area contributed by atoms with E-state index in [0.29, 0.717) is 6.42 Å². The minimum atomic E-state index is -0.878. The largest absolute Gasteiger partial charge is 0.390 e. The average molecular weight is 222 g/mol. The molecule has 0 heterocycles. The van der Waals surface area contributed by atoms with Gasteiger partial charge in [0, 0.05) is 0 Å². The molecule has 0 saturated carbocycles. The van der Waals surface area contributed by atoms with Crippen molar-refractivity contribution in [2.45, 2.75) is 51.2 Å². The van der Waals surface area contributed by atoms with Crippen LogP contribution in [0.15, 0.2) is 24.3 Å². The maximum absolute atomic E-state index is 9.53. The molecular formula is C14H22O2. The topological polar surface area (TPSA) is 40.5 Å². The van der Waals surface area contributed by atoms with Gasteiger partial charge in [-0.15, -0.1) is 6.42 Å². The SMILES string of the molecule is C#C/C=C/[C@@H](O)[C@@H](O)C/C=C\CCCCC. The highest BCUT2D eigenvalue weighted by Crippen LogP contribution is 2.04. The highest BCUT2D eigenvalue weighted by molar-refractivity contribution is 5.11. The number of hydrogen-bond donors (Lipinski definition) is 2. The molecule has 16 heavy (non-hydrogen) atoms. The lowest BCUT2D eigenvalue weighted by Crippen LogP contribution is -2.22. The van der Waals surface area contributed by atoms with Crippen LogP contribution in [0.25, 0.3) is 0 Å². The van der Waals surface area contributed by atoms with Gasteiger partial charge in [-0.1, -0.05) is 37.8 Å². The van der Waals surface area contributed by atoms with Gasteiger partial charge >= 0.3 is 0 Å². The molecular weight excluding hydrogens is 200 g/mol. The first-order valence-corrected chi connectivity index (χ1v) is 5.86. The van der Waals surface area contributed by atoms with E-state index in [2.05, 4.69) is 18.9 Å². The molecule has 2 nitrogen and oxygen atoms in total. The number of aliphatic hydroxyl groups excluding tert-OH is 2. The van der Waals surface area contributed by atoms with Crippen molar-refractivity contribution in [1.82, 2.24) is 0 Å². The normalized spacial score (nSPS) is 15.4. The van der Waals surface area contributed by atoms with E-state index in [-0.39, 0.29) is 0 Å². The van der Waals surface area contributed by atoms with Crippen molar-refractivity contribution in [3.05, 3.63) is 24.3 Å². The zero-order chi connectivity index (χ0) is 12.2. The van der Waals surface area contributed by atoms with Gasteiger partial charge in [-0.2, -0.15) is 0 Å². The Morgan fingerprint density at radius 2 is 2.00 bits per heavy atom. The molecule has 0 aliphatic heterocycles. The van der Waals surface area contributed by atoms with E-state index in [1.807, 2.05) is 6.08 Å². The molecule has 0 aliphatic rings. The van der Waals surface area contributed by atoms with Gasteiger partial charge < -0.3 is 10.2 Å². The van der Waals surface area contributed by atoms with Crippen LogP contribution in [0.3, 0.4) is 0 Å². The molecule has 0 aromatic carbocycles. The van der Waals surface area contributed by atoms with Gasteiger partial charge in [0.05, 0.1) is 12.2 Å². The summed E-state index contributed by atoms with van der Waals surface area (Å²) in [4.78, 5) is 0. The fraction of sp³-hybridized carbons (Fsp3) is 0.571. The van der Waals surface area contributed by atoms with Gasteiger partial charge in [-0.25, -0.2) is 0 Å². The van der Waals surface area contributed by atoms with Crippen LogP contribution in [0.4, 0.5) is 0 Å². The van der Waals surface area contributed by atoms with E-state index in [9.17, 15) is 10.2 Å². The van der Waals surface area contributed by atoms with Crippen molar-refractivity contribution < 1.29 is 10.2 Å². The minimum Gasteiger partial charge on any atom is -0.390 e. The van der Waals surface area contributed by atoms with Gasteiger partial charge in [0.15, 0.2) is 0 Å². The summed E-state index contributed by atoms with van der Waals surface area (Å²) in [7, 11) is 0. The van der Waals surface area contributed by atoms with Crippen molar-refractivity contribution in [3.8, 4) is 12.3 Å². The average Bonchev–Trinajstić information content (AvgIpc) is 2.30. The Morgan fingerprint density at radius 3 is 2.62 bits per heavy atom. The number of unbranched alkanes of at least 4 members (excludes halogenated alkanes) is 3. The summed E-state index contributed by atoms with van der Waals surface area (Å²) < 4.78 is 0. The lowest BCUT2D eigenvalue weighted by molar-refractivity contribution is 0.0511. The van der Waals surface area contributed by atoms with Crippen molar-refractivity contribution in [2.24, 2.45) is 0 Å². The maximum atomic E-state index is 9.53. The third-order valence-electron chi connectivity index (χ3n) is 2.30. The monoisotopic (exact) mass is 222 g/mol. The molecule has 0 aliphatic carbocycles. The fourth-order valence-electron chi connectivity index (χ4n) is 1.29. The molecule has 0 unspecified atom stereocenters. The van der Waals surface area contributed by atoms with E-state index in [0.717, 1.165) is 6.42 Å². The van der Waals surface area contributed by atoms with Crippen molar-refractivity contribution in [3.63, 3.8) is 0 Å². The van der Waals surface area contributed by atoms with E-state index in [4.69, 9.17) is 6.42 Å². The number of terminal acetylenes is 1. The van der Waals surface area contributed by atoms with Gasteiger partial charge in [-0.05, 0) is 31.4 Å². The molecule has 90 valence electrons. The lowest BCUT2D eigenvalue weighted by atomic mass is 10.1. The van der Waals surface area contributed by atoms with Crippen LogP contribution in [0, 0.1) is 12.3 Å². The molecule has 0 saturated heterocycles. The summed E-state index contributed by atoms with van der Waals surface area (Å²) in [6.45, 7) is 2.17. The third kappa shape index (κ3) is 8.28. The first kappa shape index (κ1) is 15.0. The molecule has 2 N–H and O–H groups in total. The second-order valence-electron chi connectivity index (χ2n) is 3.79. The van der Waals surface area contributed by atoms with Crippen molar-refractivity contribution in [2.75, 3.05) is 0 Å². The summed E-state index contributed by atoms with van der Waals surface area (Å²) >= 11 is 0. The second kappa shape index (κ2) is 10.5. The number of aliphatic hydroxyl groups is 2. The lowest BCUT2D eigenvalue weighted by Gasteiger charge is -2.11. The minimum absolute atomic E-state index is 0.461. The Kier molecular flexibility index (Phi) is 9.80. The van der Waals surface area contributed by atoms with Gasteiger partial charge in [-0.3, -0.25) is 0 Å². The first-order valence-electron chi connectivity index (χ1n) is 5.86. The van der Waals surface area contributed by atoms with Gasteiger partial charge in [0.1, 0.15) is 0 Å². The fourth-order valence-corrected chi connectivity index (χ4v) is 1.29. The van der Waals surface area contributed by atoms with Crippen LogP contribution in [-0.2, 0) is 0 Å². The predicted octanol–water partition coefficient (Wildman–Crippen LogP) is 2.42. The smallest absolute Gasteiger partial charge is 0.0992 e. The van der Waals surface area contributed by atoms with Crippen LogP contribution in [0.5, 0.6) is 0 Å². The number of rotatable bonds is 8. The Hall–Kier alpha value is -1.04. The summed E-state index contributed by atoms with van der Waals surface area (Å²) in [5.74, 6) is 2.27. The molecule has 2 atom stereocenters. The summed E-state index contributed by atoms with van der Waals surface area (Å²) in [5.41, 5.74) is 0. The van der Waals surface area contributed by atoms with E-state index < -0.39 is 12.2 Å². The predicted molar refractivity (Wildman–Crippen MR) is 67.9 cm³/mol. The summed E-state index contributed by atoms with van der Waals surface area (Å²) in [6.07, 6.45) is 15.3. The van der Waals surface area contributed by atoms with E-state index >= 15 is 0 Å². The molecule has 0 aromatic heterocycles. The highest BCUT2D eigenvalue weighted by Gasteiger charge is 2.10. The number of hydrogen-bond acceptors (Lipinski definition) is 2. The van der Waals surface area contributed by atoms with Crippen LogP contribution < -0.4 is 0 Å². The molecule has 0 rings (SSSR count). The molecule has 0 aromatic rings. The van der Waals surface area contributed by atoms with Crippen LogP contribution >= 0.6 is 0 Å². The summed E-state index contributed by atoms with van der Waals surface area (Å²) in [5, 5.41) is 18.9. The van der Waals surface area contributed by atoms with Crippen LogP contribution in [0.2, 0.25) is 0 Å². The van der Waals surface area contributed by atoms with Gasteiger partial charge in [0.2, 0.25) is 0 Å². The molecule has 0 spiro atoms. The third-order valence-corrected chi connectivity index (χ3v) is 2.30. The zero-order valence-electron chi connectivity index (χ0n) is 9.97. The Bertz CT molecular complexity index is 248. The maximum Gasteiger partial charge on any atom is 0.0992 e. The Morgan fingerprint density at radius 1 is 1.25 bits per heavy atom. The van der Waals surface area contributed by atoms with Crippen LogP contribution in [0.1, 0.15) is 39.0 Å². The number of allylic oxidation sites excluding steroid dienone is 2. The van der Waals surface area contributed by atoms with E-state index in [1.54, 1.807) is 0 Å². The quantitative estimate of drug-likeness (QED) is 0.376. The first-order chi connectivity index (χ1) is 7.72. The van der Waals surface area contributed by atoms with Crippen LogP contribution in [-0.4, -0.2) is 22.4 Å². The van der Waals surface area contributed by atoms with Crippen molar-refractivity contribution in [1.29, 1.82) is 0 Å². The van der Waals surface area contributed by atoms with Crippen molar-refractivity contribution >= 4 is 0 Å². The standard InChI is InChI=1S/C14H22O2/c1-3-5-7-8-9-10-12-14(16)13(15)11-6-4-2/h2,6,9-11,13-16H,3,5,7-8,12H2,1H3/b10-9-,11-6+/t13-,14+/m1/s1. The van der Waals surface area contributed by atoms with Gasteiger partial charge in [0.25, 0.3) is 0 Å². The Balaban J connectivity index is 3.67. The molecule has 0 fully saturated rings. The Labute approximate surface area is 98.7 Å². The second-order valence-corrected chi connectivity index (χ2v) is 3.79. The molecule has 0 radical (unpaired) electrons. The summed E-state index contributed by atoms with van der Waals surface area (Å²) in [6, 6.07) is 0. The molecule has 0 amide bonds. The zero-order valence-corrected chi connectivity index (χ0v) is 9.97.